The molecule has 3 N–H and O–H groups in total. The molecule has 11 heteroatoms. The first-order valence-electron chi connectivity index (χ1n) is 10.1. The van der Waals surface area contributed by atoms with Crippen molar-refractivity contribution in [1.29, 1.82) is 0 Å². The molecule has 0 unspecified atom stereocenters. The summed E-state index contributed by atoms with van der Waals surface area (Å²) < 4.78 is 58.3. The van der Waals surface area contributed by atoms with Gasteiger partial charge in [0.1, 0.15) is 12.4 Å². The van der Waals surface area contributed by atoms with E-state index < -0.39 is 27.9 Å². The zero-order valence-electron chi connectivity index (χ0n) is 18.1. The molecule has 1 amide bonds. The summed E-state index contributed by atoms with van der Waals surface area (Å²) in [7, 11) is -3.10. The van der Waals surface area contributed by atoms with Gasteiger partial charge in [0.15, 0.2) is 15.6 Å². The van der Waals surface area contributed by atoms with Crippen molar-refractivity contribution in [3.63, 3.8) is 0 Å². The Morgan fingerprint density at radius 2 is 2.03 bits per heavy atom. The Morgan fingerprint density at radius 1 is 1.34 bits per heavy atom. The van der Waals surface area contributed by atoms with E-state index in [4.69, 9.17) is 10.5 Å². The van der Waals surface area contributed by atoms with E-state index in [1.807, 2.05) is 13.8 Å². The summed E-state index contributed by atoms with van der Waals surface area (Å²) in [5, 5.41) is 2.81. The zero-order valence-corrected chi connectivity index (χ0v) is 18.9. The number of benzene rings is 1. The minimum absolute atomic E-state index is 0.0229. The van der Waals surface area contributed by atoms with E-state index in [9.17, 15) is 22.0 Å². The number of ether oxygens (including phenoxy) is 2. The number of hydrogen-bond donors (Lipinski definition) is 2. The van der Waals surface area contributed by atoms with Crippen LogP contribution in [0.5, 0.6) is 5.75 Å². The van der Waals surface area contributed by atoms with Gasteiger partial charge in [-0.3, -0.25) is 9.79 Å². The lowest BCUT2D eigenvalue weighted by Crippen LogP contribution is -2.64. The first-order valence-corrected chi connectivity index (χ1v) is 12.0. The van der Waals surface area contributed by atoms with E-state index in [0.29, 0.717) is 11.3 Å². The van der Waals surface area contributed by atoms with E-state index in [2.05, 4.69) is 15.0 Å². The molecule has 2 heterocycles. The molecule has 0 radical (unpaired) electrons. The van der Waals surface area contributed by atoms with Crippen LogP contribution < -0.4 is 15.8 Å². The van der Waals surface area contributed by atoms with Crippen molar-refractivity contribution in [2.24, 2.45) is 16.6 Å². The largest absolute Gasteiger partial charge is 0.489 e. The fourth-order valence-corrected chi connectivity index (χ4v) is 5.85. The first kappa shape index (κ1) is 24.0. The Labute approximate surface area is 185 Å². The highest BCUT2D eigenvalue weighted by molar-refractivity contribution is 7.93. The maximum Gasteiger partial charge on any atom is 0.387 e. The fraction of sp³-hybridized carbons (Fsp3) is 0.524. The maximum atomic E-state index is 12.8. The lowest BCUT2D eigenvalue weighted by atomic mass is 9.94. The normalized spacial score (nSPS) is 24.6. The molecule has 2 fully saturated rings. The van der Waals surface area contributed by atoms with Crippen molar-refractivity contribution in [2.75, 3.05) is 18.1 Å². The highest BCUT2D eigenvalue weighted by Crippen LogP contribution is 2.29. The average molecular weight is 472 g/mol. The third kappa shape index (κ3) is 5.76. The Hall–Kier alpha value is -2.69. The van der Waals surface area contributed by atoms with E-state index in [1.54, 1.807) is 13.0 Å². The summed E-state index contributed by atoms with van der Waals surface area (Å²) >= 11 is 0. The van der Waals surface area contributed by atoms with Crippen LogP contribution in [0.3, 0.4) is 0 Å². The summed E-state index contributed by atoms with van der Waals surface area (Å²) in [5.41, 5.74) is 6.59. The minimum Gasteiger partial charge on any atom is -0.489 e. The van der Waals surface area contributed by atoms with Gasteiger partial charge in [-0.25, -0.2) is 8.42 Å². The molecule has 2 saturated heterocycles. The lowest BCUT2D eigenvalue weighted by Gasteiger charge is -2.39. The molecule has 1 aromatic carbocycles. The monoisotopic (exact) mass is 471 g/mol. The standard InChI is InChI=1S/C21H27F2N3O5S/c1-12(2)25-16-8-14(19(27)26-21(3)10-32(28,29)11-21)9-30-18(16)17(24)13-5-4-6-15(7-13)31-20(22)23/h4-7,12,14,20H,8-11,24H2,1-3H3,(H,26,27)/t14-/m1/s1. The highest BCUT2D eigenvalue weighted by atomic mass is 32.2. The molecule has 2 aliphatic rings. The van der Waals surface area contributed by atoms with Gasteiger partial charge in [-0.2, -0.15) is 8.78 Å². The number of amides is 1. The Morgan fingerprint density at radius 3 is 2.62 bits per heavy atom. The number of nitrogens with one attached hydrogen (secondary N) is 1. The average Bonchev–Trinajstić information content (AvgIpc) is 2.64. The Balaban J connectivity index is 1.81. The molecule has 32 heavy (non-hydrogen) atoms. The molecule has 0 aromatic heterocycles. The van der Waals surface area contributed by atoms with Crippen molar-refractivity contribution in [1.82, 2.24) is 5.32 Å². The number of allylic oxidation sites excluding steroid dienone is 1. The highest BCUT2D eigenvalue weighted by Gasteiger charge is 2.47. The van der Waals surface area contributed by atoms with Crippen molar-refractivity contribution >= 4 is 27.2 Å². The van der Waals surface area contributed by atoms with Gasteiger partial charge >= 0.3 is 6.61 Å². The number of hydrogen-bond acceptors (Lipinski definition) is 7. The molecule has 0 spiro atoms. The van der Waals surface area contributed by atoms with Crippen LogP contribution in [-0.4, -0.2) is 56.3 Å². The Kier molecular flexibility index (Phi) is 6.77. The predicted octanol–water partition coefficient (Wildman–Crippen LogP) is 2.10. The molecule has 1 atom stereocenters. The molecule has 8 nitrogen and oxygen atoms in total. The maximum absolute atomic E-state index is 12.8. The summed E-state index contributed by atoms with van der Waals surface area (Å²) in [6.45, 7) is 2.48. The molecule has 3 rings (SSSR count). The number of sulfone groups is 1. The number of aliphatic imine (C=N–C) groups is 1. The van der Waals surface area contributed by atoms with Gasteiger partial charge in [0.25, 0.3) is 0 Å². The molecule has 0 saturated carbocycles. The Bertz CT molecular complexity index is 1040. The minimum atomic E-state index is -3.10. The van der Waals surface area contributed by atoms with Crippen LogP contribution in [0.1, 0.15) is 32.8 Å². The number of carbonyl (C=O) groups is 1. The number of nitrogens with two attached hydrogens (primary N) is 1. The van der Waals surface area contributed by atoms with Gasteiger partial charge in [-0.15, -0.1) is 0 Å². The molecular formula is C21H27F2N3O5S. The van der Waals surface area contributed by atoms with Crippen LogP contribution in [-0.2, 0) is 19.4 Å². The van der Waals surface area contributed by atoms with Gasteiger partial charge in [0.05, 0.1) is 34.4 Å². The third-order valence-corrected chi connectivity index (χ3v) is 7.19. The lowest BCUT2D eigenvalue weighted by molar-refractivity contribution is -0.128. The number of alkyl halides is 2. The number of halogens is 2. The zero-order chi connectivity index (χ0) is 23.7. The van der Waals surface area contributed by atoms with Crippen LogP contribution >= 0.6 is 0 Å². The molecule has 2 aliphatic heterocycles. The van der Waals surface area contributed by atoms with Gasteiger partial charge < -0.3 is 20.5 Å². The van der Waals surface area contributed by atoms with Crippen LogP contribution in [0.2, 0.25) is 0 Å². The van der Waals surface area contributed by atoms with Crippen molar-refractivity contribution in [3.05, 3.63) is 35.6 Å². The van der Waals surface area contributed by atoms with Crippen LogP contribution in [0.4, 0.5) is 8.78 Å². The van der Waals surface area contributed by atoms with E-state index in [0.717, 1.165) is 0 Å². The number of nitrogens with zero attached hydrogens (tertiary/aromatic N) is 1. The summed E-state index contributed by atoms with van der Waals surface area (Å²) in [6.07, 6.45) is 0.246. The van der Waals surface area contributed by atoms with E-state index in [1.165, 1.54) is 18.2 Å². The summed E-state index contributed by atoms with van der Waals surface area (Å²) in [6, 6.07) is 5.82. The number of rotatable bonds is 6. The molecule has 0 aliphatic carbocycles. The molecule has 0 bridgehead atoms. The van der Waals surface area contributed by atoms with Gasteiger partial charge in [-0.1, -0.05) is 12.1 Å². The second-order valence-corrected chi connectivity index (χ2v) is 10.7. The van der Waals surface area contributed by atoms with Gasteiger partial charge in [-0.05, 0) is 32.9 Å². The summed E-state index contributed by atoms with van der Waals surface area (Å²) in [4.78, 5) is 17.3. The van der Waals surface area contributed by atoms with Crippen molar-refractivity contribution in [3.8, 4) is 5.75 Å². The topological polar surface area (TPSA) is 120 Å². The SMILES string of the molecule is CC(C)N=C1C[C@@H](C(=O)NC2(C)CS(=O)(=O)C2)COC1=C(N)c1cccc(OC(F)F)c1. The molecular weight excluding hydrogens is 444 g/mol. The second kappa shape index (κ2) is 9.05. The third-order valence-electron chi connectivity index (χ3n) is 5.03. The van der Waals surface area contributed by atoms with Crippen LogP contribution in [0, 0.1) is 5.92 Å². The number of carbonyl (C=O) groups excluding carboxylic acids is 1. The smallest absolute Gasteiger partial charge is 0.387 e. The molecule has 176 valence electrons. The van der Waals surface area contributed by atoms with E-state index in [-0.39, 0.29) is 53.7 Å². The van der Waals surface area contributed by atoms with Gasteiger partial charge in [0, 0.05) is 18.0 Å². The van der Waals surface area contributed by atoms with Crippen molar-refractivity contribution in [2.45, 2.75) is 45.4 Å². The summed E-state index contributed by atoms with van der Waals surface area (Å²) in [5.74, 6) is -0.834. The van der Waals surface area contributed by atoms with Crippen molar-refractivity contribution < 1.29 is 31.5 Å². The fourth-order valence-electron chi connectivity index (χ4n) is 3.85. The first-order chi connectivity index (χ1) is 14.9. The van der Waals surface area contributed by atoms with E-state index >= 15 is 0 Å². The van der Waals surface area contributed by atoms with Gasteiger partial charge in [0.2, 0.25) is 5.91 Å². The quantitative estimate of drug-likeness (QED) is 0.656. The predicted molar refractivity (Wildman–Crippen MR) is 116 cm³/mol. The van der Waals surface area contributed by atoms with Crippen LogP contribution in [0.15, 0.2) is 35.0 Å². The molecule has 1 aromatic rings. The second-order valence-electron chi connectivity index (χ2n) is 8.61. The van der Waals surface area contributed by atoms with Crippen LogP contribution in [0.25, 0.3) is 5.70 Å².